The van der Waals surface area contributed by atoms with Crippen LogP contribution in [0.25, 0.3) is 0 Å². The van der Waals surface area contributed by atoms with Gasteiger partial charge in [-0.3, -0.25) is 9.69 Å². The van der Waals surface area contributed by atoms with E-state index in [9.17, 15) is 4.79 Å². The van der Waals surface area contributed by atoms with E-state index in [-0.39, 0.29) is 0 Å². The number of likely N-dealkylation sites (tertiary alicyclic amines) is 1. The SMILES string of the molecule is CCCN1CCCC(N(C)CC(=O)N2CCNCC2)CC1. The monoisotopic (exact) mass is 296 g/mol. The van der Waals surface area contributed by atoms with Gasteiger partial charge in [-0.05, 0) is 52.4 Å². The summed E-state index contributed by atoms with van der Waals surface area (Å²) in [5.74, 6) is 0.300. The van der Waals surface area contributed by atoms with Crippen molar-refractivity contribution >= 4 is 5.91 Å². The van der Waals surface area contributed by atoms with Gasteiger partial charge in [-0.25, -0.2) is 0 Å². The van der Waals surface area contributed by atoms with E-state index in [0.717, 1.165) is 26.2 Å². The van der Waals surface area contributed by atoms with Crippen LogP contribution < -0.4 is 5.32 Å². The Hall–Kier alpha value is -0.650. The van der Waals surface area contributed by atoms with Crippen LogP contribution in [0, 0.1) is 0 Å². The van der Waals surface area contributed by atoms with Crippen molar-refractivity contribution in [2.75, 3.05) is 59.4 Å². The van der Waals surface area contributed by atoms with Gasteiger partial charge in [0.2, 0.25) is 5.91 Å². The third-order valence-corrected chi connectivity index (χ3v) is 4.81. The first-order valence-electron chi connectivity index (χ1n) is 8.61. The van der Waals surface area contributed by atoms with E-state index in [4.69, 9.17) is 0 Å². The largest absolute Gasteiger partial charge is 0.339 e. The minimum atomic E-state index is 0.300. The van der Waals surface area contributed by atoms with Crippen LogP contribution in [0.4, 0.5) is 0 Å². The highest BCUT2D eigenvalue weighted by atomic mass is 16.2. The maximum atomic E-state index is 12.3. The average molecular weight is 296 g/mol. The zero-order valence-electron chi connectivity index (χ0n) is 13.8. The molecule has 21 heavy (non-hydrogen) atoms. The van der Waals surface area contributed by atoms with Crippen molar-refractivity contribution in [3.05, 3.63) is 0 Å². The molecule has 5 heteroatoms. The summed E-state index contributed by atoms with van der Waals surface area (Å²) in [6, 6.07) is 0.568. The van der Waals surface area contributed by atoms with Crippen LogP contribution >= 0.6 is 0 Å². The van der Waals surface area contributed by atoms with Gasteiger partial charge in [-0.2, -0.15) is 0 Å². The fourth-order valence-electron chi connectivity index (χ4n) is 3.48. The van der Waals surface area contributed by atoms with Gasteiger partial charge in [-0.1, -0.05) is 6.92 Å². The predicted molar refractivity (Wildman–Crippen MR) is 86.4 cm³/mol. The summed E-state index contributed by atoms with van der Waals surface area (Å²) in [5.41, 5.74) is 0. The summed E-state index contributed by atoms with van der Waals surface area (Å²) in [5, 5.41) is 3.30. The molecule has 2 saturated heterocycles. The highest BCUT2D eigenvalue weighted by Crippen LogP contribution is 2.16. The number of likely N-dealkylation sites (N-methyl/N-ethyl adjacent to an activating group) is 1. The molecule has 2 rings (SSSR count). The molecule has 122 valence electrons. The van der Waals surface area contributed by atoms with Crippen LogP contribution in [0.5, 0.6) is 0 Å². The van der Waals surface area contributed by atoms with Gasteiger partial charge in [0, 0.05) is 32.2 Å². The second-order valence-corrected chi connectivity index (χ2v) is 6.47. The van der Waals surface area contributed by atoms with E-state index < -0.39 is 0 Å². The Balaban J connectivity index is 1.76. The third-order valence-electron chi connectivity index (χ3n) is 4.81. The first-order chi connectivity index (χ1) is 10.2. The number of hydrogen-bond acceptors (Lipinski definition) is 4. The Bertz CT molecular complexity index is 317. The van der Waals surface area contributed by atoms with Crippen molar-refractivity contribution in [2.24, 2.45) is 0 Å². The van der Waals surface area contributed by atoms with E-state index in [1.807, 2.05) is 4.90 Å². The number of amides is 1. The smallest absolute Gasteiger partial charge is 0.236 e. The molecule has 1 N–H and O–H groups in total. The first kappa shape index (κ1) is 16.7. The molecule has 2 aliphatic heterocycles. The molecule has 0 bridgehead atoms. The molecule has 0 radical (unpaired) electrons. The molecule has 0 aliphatic carbocycles. The van der Waals surface area contributed by atoms with Gasteiger partial charge >= 0.3 is 0 Å². The van der Waals surface area contributed by atoms with Crippen molar-refractivity contribution in [1.29, 1.82) is 0 Å². The third kappa shape index (κ3) is 5.24. The summed E-state index contributed by atoms with van der Waals surface area (Å²) in [7, 11) is 2.13. The lowest BCUT2D eigenvalue weighted by molar-refractivity contribution is -0.133. The van der Waals surface area contributed by atoms with Crippen LogP contribution in [0.15, 0.2) is 0 Å². The topological polar surface area (TPSA) is 38.8 Å². The van der Waals surface area contributed by atoms with Crippen LogP contribution in [0.2, 0.25) is 0 Å². The molecule has 2 fully saturated rings. The zero-order valence-corrected chi connectivity index (χ0v) is 13.8. The second-order valence-electron chi connectivity index (χ2n) is 6.47. The van der Waals surface area contributed by atoms with E-state index in [2.05, 4.69) is 29.1 Å². The highest BCUT2D eigenvalue weighted by molar-refractivity contribution is 5.78. The molecule has 5 nitrogen and oxygen atoms in total. The van der Waals surface area contributed by atoms with E-state index >= 15 is 0 Å². The molecule has 1 unspecified atom stereocenters. The van der Waals surface area contributed by atoms with Crippen molar-refractivity contribution in [3.8, 4) is 0 Å². The number of carbonyl (C=O) groups is 1. The molecule has 0 aromatic rings. The summed E-state index contributed by atoms with van der Waals surface area (Å²) in [4.78, 5) is 19.2. The molecule has 2 aliphatic rings. The normalized spacial score (nSPS) is 25.1. The standard InChI is InChI=1S/C16H32N4O/c1-3-9-19-10-4-5-15(6-11-19)18(2)14-16(21)20-12-7-17-8-13-20/h15,17H,3-14H2,1-2H3. The first-order valence-corrected chi connectivity index (χ1v) is 8.61. The van der Waals surface area contributed by atoms with E-state index in [1.165, 1.54) is 45.3 Å². The van der Waals surface area contributed by atoms with Crippen LogP contribution in [0.1, 0.15) is 32.6 Å². The fourth-order valence-corrected chi connectivity index (χ4v) is 3.48. The van der Waals surface area contributed by atoms with Gasteiger partial charge in [-0.15, -0.1) is 0 Å². The second kappa shape index (κ2) is 8.71. The van der Waals surface area contributed by atoms with Gasteiger partial charge < -0.3 is 15.1 Å². The fraction of sp³-hybridized carbons (Fsp3) is 0.938. The molecular weight excluding hydrogens is 264 g/mol. The molecule has 0 aromatic heterocycles. The average Bonchev–Trinajstić information content (AvgIpc) is 2.74. The Labute approximate surface area is 129 Å². The lowest BCUT2D eigenvalue weighted by Gasteiger charge is -2.32. The van der Waals surface area contributed by atoms with Crippen LogP contribution in [0.3, 0.4) is 0 Å². The maximum absolute atomic E-state index is 12.3. The molecule has 0 aromatic carbocycles. The highest BCUT2D eigenvalue weighted by Gasteiger charge is 2.24. The molecule has 0 spiro atoms. The van der Waals surface area contributed by atoms with E-state index in [0.29, 0.717) is 18.5 Å². The van der Waals surface area contributed by atoms with Crippen molar-refractivity contribution in [3.63, 3.8) is 0 Å². The Morgan fingerprint density at radius 2 is 1.95 bits per heavy atom. The van der Waals surface area contributed by atoms with E-state index in [1.54, 1.807) is 0 Å². The Morgan fingerprint density at radius 3 is 2.67 bits per heavy atom. The van der Waals surface area contributed by atoms with Crippen LogP contribution in [-0.4, -0.2) is 86.1 Å². The molecule has 1 atom stereocenters. The number of piperazine rings is 1. The van der Waals surface area contributed by atoms with Gasteiger partial charge in [0.25, 0.3) is 0 Å². The van der Waals surface area contributed by atoms with Crippen molar-refractivity contribution in [1.82, 2.24) is 20.0 Å². The number of hydrogen-bond donors (Lipinski definition) is 1. The van der Waals surface area contributed by atoms with Gasteiger partial charge in [0.15, 0.2) is 0 Å². The van der Waals surface area contributed by atoms with Crippen molar-refractivity contribution < 1.29 is 4.79 Å². The number of nitrogens with one attached hydrogen (secondary N) is 1. The molecule has 1 amide bonds. The quantitative estimate of drug-likeness (QED) is 0.807. The lowest BCUT2D eigenvalue weighted by Crippen LogP contribution is -2.50. The lowest BCUT2D eigenvalue weighted by atomic mass is 10.1. The molecular formula is C16H32N4O. The summed E-state index contributed by atoms with van der Waals surface area (Å²) >= 11 is 0. The Morgan fingerprint density at radius 1 is 1.19 bits per heavy atom. The summed E-state index contributed by atoms with van der Waals surface area (Å²) in [6.45, 7) is 10.1. The van der Waals surface area contributed by atoms with Crippen molar-refractivity contribution in [2.45, 2.75) is 38.6 Å². The molecule has 2 heterocycles. The zero-order chi connectivity index (χ0) is 15.1. The summed E-state index contributed by atoms with van der Waals surface area (Å²) < 4.78 is 0. The molecule has 0 saturated carbocycles. The summed E-state index contributed by atoms with van der Waals surface area (Å²) in [6.07, 6.45) is 4.93. The number of carbonyl (C=O) groups excluding carboxylic acids is 1. The van der Waals surface area contributed by atoms with Gasteiger partial charge in [0.05, 0.1) is 6.54 Å². The number of rotatable bonds is 5. The Kier molecular flexibility index (Phi) is 6.93. The predicted octanol–water partition coefficient (Wildman–Crippen LogP) is 0.615. The van der Waals surface area contributed by atoms with Gasteiger partial charge in [0.1, 0.15) is 0 Å². The van der Waals surface area contributed by atoms with Crippen LogP contribution in [-0.2, 0) is 4.79 Å². The minimum absolute atomic E-state index is 0.300. The maximum Gasteiger partial charge on any atom is 0.236 e. The minimum Gasteiger partial charge on any atom is -0.339 e. The number of nitrogens with zero attached hydrogens (tertiary/aromatic N) is 3.